The van der Waals surface area contributed by atoms with Gasteiger partial charge in [0.25, 0.3) is 5.92 Å². The standard InChI is InChI=1S/C21H26F2N8O/c1-13-14(2)26-18-17(25-13)19(30-6-4-21(22,23)5-7-30)28-20(27-18)31-8-9-32-16(12-31)15-10-24-29(3)11-15/h10-11,16H,4-9,12H2,1-3H3. The smallest absolute Gasteiger partial charge is 0.251 e. The highest BCUT2D eigenvalue weighted by molar-refractivity contribution is 5.84. The van der Waals surface area contributed by atoms with E-state index in [2.05, 4.69) is 20.0 Å². The van der Waals surface area contributed by atoms with Gasteiger partial charge in [-0.3, -0.25) is 4.68 Å². The van der Waals surface area contributed by atoms with Crippen molar-refractivity contribution in [2.45, 2.75) is 38.7 Å². The molecule has 11 heteroatoms. The summed E-state index contributed by atoms with van der Waals surface area (Å²) >= 11 is 0. The highest BCUT2D eigenvalue weighted by Gasteiger charge is 2.36. The van der Waals surface area contributed by atoms with Crippen molar-refractivity contribution in [1.82, 2.24) is 29.7 Å². The topological polar surface area (TPSA) is 85.1 Å². The highest BCUT2D eigenvalue weighted by Crippen LogP contribution is 2.33. The van der Waals surface area contributed by atoms with Gasteiger partial charge in [0.1, 0.15) is 6.10 Å². The van der Waals surface area contributed by atoms with Crippen LogP contribution in [0.5, 0.6) is 0 Å². The van der Waals surface area contributed by atoms with E-state index < -0.39 is 5.92 Å². The molecule has 0 amide bonds. The number of rotatable bonds is 3. The molecule has 3 aromatic heterocycles. The molecule has 0 aliphatic carbocycles. The summed E-state index contributed by atoms with van der Waals surface area (Å²) in [6.07, 6.45) is 3.18. The molecule has 3 aromatic rings. The maximum atomic E-state index is 13.8. The van der Waals surface area contributed by atoms with E-state index in [1.807, 2.05) is 32.0 Å². The minimum atomic E-state index is -2.64. The largest absolute Gasteiger partial charge is 0.370 e. The number of fused-ring (bicyclic) bond motifs is 1. The molecule has 0 N–H and O–H groups in total. The molecule has 0 bridgehead atoms. The Bertz CT molecular complexity index is 1140. The maximum absolute atomic E-state index is 13.8. The molecule has 5 heterocycles. The lowest BCUT2D eigenvalue weighted by molar-refractivity contribution is -0.0221. The molecule has 32 heavy (non-hydrogen) atoms. The number of alkyl halides is 2. The monoisotopic (exact) mass is 444 g/mol. The number of piperidine rings is 1. The molecule has 1 atom stereocenters. The van der Waals surface area contributed by atoms with Crippen molar-refractivity contribution in [2.75, 3.05) is 42.6 Å². The third-order valence-corrected chi connectivity index (χ3v) is 6.15. The van der Waals surface area contributed by atoms with E-state index in [-0.39, 0.29) is 32.0 Å². The Balaban J connectivity index is 1.52. The molecule has 0 saturated carbocycles. The molecule has 2 saturated heterocycles. The van der Waals surface area contributed by atoms with Crippen LogP contribution in [0.2, 0.25) is 0 Å². The number of morpholine rings is 1. The van der Waals surface area contributed by atoms with Crippen molar-refractivity contribution >= 4 is 22.9 Å². The zero-order chi connectivity index (χ0) is 22.5. The first-order chi connectivity index (χ1) is 15.3. The normalized spacial score (nSPS) is 21.3. The molecule has 0 radical (unpaired) electrons. The fourth-order valence-corrected chi connectivity index (χ4v) is 4.13. The third kappa shape index (κ3) is 3.96. The van der Waals surface area contributed by atoms with Crippen LogP contribution in [0.4, 0.5) is 20.5 Å². The number of hydrogen-bond donors (Lipinski definition) is 0. The second-order valence-electron chi connectivity index (χ2n) is 8.51. The molecule has 1 unspecified atom stereocenters. The molecule has 5 rings (SSSR count). The van der Waals surface area contributed by atoms with Crippen molar-refractivity contribution in [1.29, 1.82) is 0 Å². The second kappa shape index (κ2) is 7.88. The van der Waals surface area contributed by atoms with Crippen LogP contribution in [0.3, 0.4) is 0 Å². The molecule has 9 nitrogen and oxygen atoms in total. The summed E-state index contributed by atoms with van der Waals surface area (Å²) in [5.74, 6) is -1.55. The van der Waals surface area contributed by atoms with Gasteiger partial charge in [0, 0.05) is 51.3 Å². The van der Waals surface area contributed by atoms with Crippen molar-refractivity contribution in [3.63, 3.8) is 0 Å². The summed E-state index contributed by atoms with van der Waals surface area (Å²) in [5.41, 5.74) is 3.59. The van der Waals surface area contributed by atoms with Gasteiger partial charge in [-0.2, -0.15) is 15.1 Å². The van der Waals surface area contributed by atoms with Crippen LogP contribution in [0.25, 0.3) is 11.2 Å². The predicted octanol–water partition coefficient (Wildman–Crippen LogP) is 2.58. The number of aryl methyl sites for hydroxylation is 3. The average Bonchev–Trinajstić information content (AvgIpc) is 3.21. The van der Waals surface area contributed by atoms with Crippen LogP contribution in [-0.4, -0.2) is 68.4 Å². The number of nitrogens with zero attached hydrogens (tertiary/aromatic N) is 8. The first kappa shape index (κ1) is 20.9. The Labute approximate surface area is 184 Å². The van der Waals surface area contributed by atoms with Gasteiger partial charge in [-0.15, -0.1) is 0 Å². The minimum absolute atomic E-state index is 0.153. The van der Waals surface area contributed by atoms with E-state index in [1.54, 1.807) is 10.9 Å². The van der Waals surface area contributed by atoms with Crippen LogP contribution in [0, 0.1) is 13.8 Å². The summed E-state index contributed by atoms with van der Waals surface area (Å²) in [4.78, 5) is 22.8. The van der Waals surface area contributed by atoms with E-state index in [0.29, 0.717) is 42.6 Å². The lowest BCUT2D eigenvalue weighted by Gasteiger charge is -2.35. The van der Waals surface area contributed by atoms with E-state index in [4.69, 9.17) is 14.7 Å². The molecule has 0 spiro atoms. The Morgan fingerprint density at radius 1 is 1.00 bits per heavy atom. The second-order valence-corrected chi connectivity index (χ2v) is 8.51. The van der Waals surface area contributed by atoms with Crippen LogP contribution in [-0.2, 0) is 11.8 Å². The van der Waals surface area contributed by atoms with Crippen molar-refractivity contribution < 1.29 is 13.5 Å². The van der Waals surface area contributed by atoms with Gasteiger partial charge in [-0.25, -0.2) is 18.7 Å². The summed E-state index contributed by atoms with van der Waals surface area (Å²) in [6.45, 7) is 5.90. The Morgan fingerprint density at radius 3 is 2.47 bits per heavy atom. The Morgan fingerprint density at radius 2 is 1.75 bits per heavy atom. The van der Waals surface area contributed by atoms with Gasteiger partial charge in [-0.05, 0) is 13.8 Å². The van der Waals surface area contributed by atoms with E-state index in [9.17, 15) is 8.78 Å². The van der Waals surface area contributed by atoms with E-state index in [1.165, 1.54) is 0 Å². The molecule has 2 fully saturated rings. The molecule has 2 aliphatic heterocycles. The van der Waals surface area contributed by atoms with Crippen LogP contribution in [0.15, 0.2) is 12.4 Å². The van der Waals surface area contributed by atoms with Gasteiger partial charge < -0.3 is 14.5 Å². The number of halogens is 2. The van der Waals surface area contributed by atoms with Gasteiger partial charge in [0.15, 0.2) is 17.0 Å². The van der Waals surface area contributed by atoms with Crippen LogP contribution in [0.1, 0.15) is 35.9 Å². The van der Waals surface area contributed by atoms with Crippen LogP contribution < -0.4 is 9.80 Å². The lowest BCUT2D eigenvalue weighted by atomic mass is 10.1. The highest BCUT2D eigenvalue weighted by atomic mass is 19.3. The zero-order valence-corrected chi connectivity index (χ0v) is 18.4. The molecule has 2 aliphatic rings. The van der Waals surface area contributed by atoms with Gasteiger partial charge in [0.2, 0.25) is 5.95 Å². The number of hydrogen-bond acceptors (Lipinski definition) is 8. The Kier molecular flexibility index (Phi) is 5.15. The number of ether oxygens (including phenoxy) is 1. The molecule has 0 aromatic carbocycles. The first-order valence-corrected chi connectivity index (χ1v) is 10.8. The van der Waals surface area contributed by atoms with E-state index in [0.717, 1.165) is 17.0 Å². The maximum Gasteiger partial charge on any atom is 0.251 e. The third-order valence-electron chi connectivity index (χ3n) is 6.15. The van der Waals surface area contributed by atoms with Gasteiger partial charge in [-0.1, -0.05) is 0 Å². The fourth-order valence-electron chi connectivity index (χ4n) is 4.13. The predicted molar refractivity (Wildman–Crippen MR) is 115 cm³/mol. The molecule has 170 valence electrons. The number of anilines is 2. The lowest BCUT2D eigenvalue weighted by Crippen LogP contribution is -2.41. The SMILES string of the molecule is Cc1nc2nc(N3CCOC(c4cnn(C)c4)C3)nc(N3CCC(F)(F)CC3)c2nc1C. The molecular weight excluding hydrogens is 418 g/mol. The minimum Gasteiger partial charge on any atom is -0.370 e. The summed E-state index contributed by atoms with van der Waals surface area (Å²) in [6, 6.07) is 0. The van der Waals surface area contributed by atoms with Crippen LogP contribution >= 0.6 is 0 Å². The summed E-state index contributed by atoms with van der Waals surface area (Å²) < 4.78 is 35.3. The van der Waals surface area contributed by atoms with Gasteiger partial charge >= 0.3 is 0 Å². The van der Waals surface area contributed by atoms with Crippen molar-refractivity contribution in [2.24, 2.45) is 7.05 Å². The fraction of sp³-hybridized carbons (Fsp3) is 0.571. The van der Waals surface area contributed by atoms with E-state index >= 15 is 0 Å². The molecular formula is C21H26F2N8O. The summed E-state index contributed by atoms with van der Waals surface area (Å²) in [5, 5.41) is 4.24. The average molecular weight is 444 g/mol. The van der Waals surface area contributed by atoms with Gasteiger partial charge in [0.05, 0.1) is 30.7 Å². The zero-order valence-electron chi connectivity index (χ0n) is 18.4. The number of aromatic nitrogens is 6. The van der Waals surface area contributed by atoms with Crippen molar-refractivity contribution in [3.8, 4) is 0 Å². The summed E-state index contributed by atoms with van der Waals surface area (Å²) in [7, 11) is 1.87. The quantitative estimate of drug-likeness (QED) is 0.610. The Hall–Kier alpha value is -2.95. The van der Waals surface area contributed by atoms with Crippen molar-refractivity contribution in [3.05, 3.63) is 29.3 Å². The first-order valence-electron chi connectivity index (χ1n) is 10.8.